The Kier molecular flexibility index (Phi) is 4.53. The van der Waals surface area contributed by atoms with Crippen molar-refractivity contribution in [1.82, 2.24) is 0 Å². The van der Waals surface area contributed by atoms with Gasteiger partial charge in [-0.2, -0.15) is 0 Å². The van der Waals surface area contributed by atoms with E-state index in [-0.39, 0.29) is 5.54 Å². The van der Waals surface area contributed by atoms with Crippen molar-refractivity contribution in [2.45, 2.75) is 37.6 Å². The second kappa shape index (κ2) is 6.15. The molecule has 1 saturated carbocycles. The molecule has 0 aromatic heterocycles. The Hall–Kier alpha value is -1.42. The molecule has 0 atom stereocenters. The van der Waals surface area contributed by atoms with E-state index in [0.29, 0.717) is 23.9 Å². The third-order valence-electron chi connectivity index (χ3n) is 3.83. The van der Waals surface area contributed by atoms with Gasteiger partial charge in [0.15, 0.2) is 11.5 Å². The first-order valence-electron chi connectivity index (χ1n) is 6.81. The van der Waals surface area contributed by atoms with Gasteiger partial charge in [0.05, 0.1) is 20.8 Å². The predicted octanol–water partition coefficient (Wildman–Crippen LogP) is 2.74. The summed E-state index contributed by atoms with van der Waals surface area (Å²) >= 11 is 0. The van der Waals surface area contributed by atoms with Crippen LogP contribution in [0.2, 0.25) is 0 Å². The Balaban J connectivity index is 1.98. The Morgan fingerprint density at radius 2 is 1.68 bits per heavy atom. The highest BCUT2D eigenvalue weighted by Gasteiger charge is 2.29. The third kappa shape index (κ3) is 3.32. The van der Waals surface area contributed by atoms with Gasteiger partial charge in [0.1, 0.15) is 0 Å². The monoisotopic (exact) mass is 265 g/mol. The summed E-state index contributed by atoms with van der Waals surface area (Å²) in [7, 11) is 3.26. The summed E-state index contributed by atoms with van der Waals surface area (Å²) in [6.45, 7) is 0.591. The summed E-state index contributed by atoms with van der Waals surface area (Å²) in [5.41, 5.74) is 6.28. The fourth-order valence-electron chi connectivity index (χ4n) is 2.64. The molecule has 0 saturated heterocycles. The number of nitrogens with two attached hydrogens (primary N) is 1. The average Bonchev–Trinajstić information content (AvgIpc) is 2.85. The minimum absolute atomic E-state index is 0.0464. The lowest BCUT2D eigenvalue weighted by Gasteiger charge is -2.24. The summed E-state index contributed by atoms with van der Waals surface area (Å²) in [6, 6.07) is 5.61. The van der Waals surface area contributed by atoms with Gasteiger partial charge in [-0.3, -0.25) is 0 Å². The van der Waals surface area contributed by atoms with Crippen LogP contribution >= 0.6 is 0 Å². The molecule has 19 heavy (non-hydrogen) atoms. The van der Waals surface area contributed by atoms with Gasteiger partial charge in [0.2, 0.25) is 5.75 Å². The molecule has 0 heterocycles. The molecule has 0 aliphatic heterocycles. The molecule has 2 rings (SSSR count). The van der Waals surface area contributed by atoms with Gasteiger partial charge in [-0.1, -0.05) is 18.9 Å². The van der Waals surface area contributed by atoms with E-state index in [1.54, 1.807) is 14.2 Å². The molecule has 1 aromatic rings. The van der Waals surface area contributed by atoms with Crippen LogP contribution in [0.4, 0.5) is 0 Å². The van der Waals surface area contributed by atoms with Gasteiger partial charge < -0.3 is 19.9 Å². The Labute approximate surface area is 114 Å². The average molecular weight is 265 g/mol. The molecule has 1 aliphatic carbocycles. The first kappa shape index (κ1) is 14.0. The molecule has 0 spiro atoms. The van der Waals surface area contributed by atoms with Crippen molar-refractivity contribution in [3.63, 3.8) is 0 Å². The number of ether oxygens (including phenoxy) is 3. The van der Waals surface area contributed by atoms with Crippen molar-refractivity contribution in [1.29, 1.82) is 0 Å². The molecular weight excluding hydrogens is 242 g/mol. The fourth-order valence-corrected chi connectivity index (χ4v) is 2.64. The molecule has 2 N–H and O–H groups in total. The van der Waals surface area contributed by atoms with Gasteiger partial charge in [0, 0.05) is 5.54 Å². The van der Waals surface area contributed by atoms with E-state index in [0.717, 1.165) is 19.3 Å². The molecule has 1 fully saturated rings. The maximum atomic E-state index is 6.32. The van der Waals surface area contributed by atoms with E-state index in [1.807, 2.05) is 18.2 Å². The normalized spacial score (nSPS) is 17.2. The highest BCUT2D eigenvalue weighted by molar-refractivity contribution is 5.51. The van der Waals surface area contributed by atoms with Crippen molar-refractivity contribution in [3.8, 4) is 17.2 Å². The van der Waals surface area contributed by atoms with E-state index in [2.05, 4.69) is 0 Å². The number of benzene rings is 1. The quantitative estimate of drug-likeness (QED) is 0.859. The van der Waals surface area contributed by atoms with Crippen molar-refractivity contribution in [2.75, 3.05) is 20.8 Å². The van der Waals surface area contributed by atoms with Crippen molar-refractivity contribution in [2.24, 2.45) is 5.73 Å². The van der Waals surface area contributed by atoms with Crippen LogP contribution in [0.15, 0.2) is 18.2 Å². The molecule has 0 radical (unpaired) electrons. The van der Waals surface area contributed by atoms with Gasteiger partial charge in [-0.05, 0) is 31.4 Å². The number of hydrogen-bond donors (Lipinski definition) is 1. The predicted molar refractivity (Wildman–Crippen MR) is 75.0 cm³/mol. The molecule has 4 nitrogen and oxygen atoms in total. The summed E-state index contributed by atoms with van der Waals surface area (Å²) < 4.78 is 16.4. The van der Waals surface area contributed by atoms with Crippen LogP contribution in [-0.4, -0.2) is 26.4 Å². The fraction of sp³-hybridized carbons (Fsp3) is 0.600. The number of rotatable bonds is 6. The molecule has 1 aromatic carbocycles. The van der Waals surface area contributed by atoms with Crippen LogP contribution in [0, 0.1) is 0 Å². The van der Waals surface area contributed by atoms with Crippen LogP contribution in [0.5, 0.6) is 17.2 Å². The first-order valence-corrected chi connectivity index (χ1v) is 6.81. The van der Waals surface area contributed by atoms with Crippen molar-refractivity contribution in [3.05, 3.63) is 18.2 Å². The van der Waals surface area contributed by atoms with Crippen LogP contribution < -0.4 is 19.9 Å². The zero-order valence-corrected chi connectivity index (χ0v) is 11.8. The zero-order chi connectivity index (χ0) is 13.7. The lowest BCUT2D eigenvalue weighted by molar-refractivity contribution is 0.237. The Morgan fingerprint density at radius 1 is 1.11 bits per heavy atom. The summed E-state index contributed by atoms with van der Waals surface area (Å²) in [6.07, 6.45) is 5.52. The molecule has 106 valence electrons. The number of para-hydroxylation sites is 1. The van der Waals surface area contributed by atoms with Crippen LogP contribution in [0.3, 0.4) is 0 Å². The second-order valence-corrected chi connectivity index (χ2v) is 5.16. The zero-order valence-electron chi connectivity index (χ0n) is 11.8. The van der Waals surface area contributed by atoms with Gasteiger partial charge >= 0.3 is 0 Å². The highest BCUT2D eigenvalue weighted by atomic mass is 16.5. The van der Waals surface area contributed by atoms with Crippen LogP contribution in [0.25, 0.3) is 0 Å². The van der Waals surface area contributed by atoms with Gasteiger partial charge in [0.25, 0.3) is 0 Å². The molecule has 0 bridgehead atoms. The second-order valence-electron chi connectivity index (χ2n) is 5.16. The molecule has 0 amide bonds. The Morgan fingerprint density at radius 3 is 2.21 bits per heavy atom. The van der Waals surface area contributed by atoms with E-state index in [4.69, 9.17) is 19.9 Å². The first-order chi connectivity index (χ1) is 9.18. The van der Waals surface area contributed by atoms with Crippen LogP contribution in [0.1, 0.15) is 32.1 Å². The van der Waals surface area contributed by atoms with Gasteiger partial charge in [-0.25, -0.2) is 0 Å². The molecule has 4 heteroatoms. The molecule has 0 unspecified atom stereocenters. The lowest BCUT2D eigenvalue weighted by Crippen LogP contribution is -2.37. The van der Waals surface area contributed by atoms with E-state index in [1.165, 1.54) is 12.8 Å². The maximum Gasteiger partial charge on any atom is 0.203 e. The van der Waals surface area contributed by atoms with Crippen LogP contribution in [-0.2, 0) is 0 Å². The largest absolute Gasteiger partial charge is 0.493 e. The van der Waals surface area contributed by atoms with Crippen molar-refractivity contribution >= 4 is 0 Å². The van der Waals surface area contributed by atoms with Crippen molar-refractivity contribution < 1.29 is 14.2 Å². The summed E-state index contributed by atoms with van der Waals surface area (Å²) in [5, 5.41) is 0. The highest BCUT2D eigenvalue weighted by Crippen LogP contribution is 2.37. The topological polar surface area (TPSA) is 53.7 Å². The third-order valence-corrected chi connectivity index (χ3v) is 3.83. The molecule has 1 aliphatic rings. The minimum Gasteiger partial charge on any atom is -0.493 e. The standard InChI is InChI=1S/C15H23NO3/c1-17-12-6-5-7-13(18-2)14(12)19-11-10-15(16)8-3-4-9-15/h5-7H,3-4,8-11,16H2,1-2H3. The van der Waals surface area contributed by atoms with E-state index in [9.17, 15) is 0 Å². The smallest absolute Gasteiger partial charge is 0.203 e. The minimum atomic E-state index is -0.0464. The summed E-state index contributed by atoms with van der Waals surface area (Å²) in [4.78, 5) is 0. The Bertz CT molecular complexity index is 392. The number of hydrogen-bond acceptors (Lipinski definition) is 4. The molecular formula is C15H23NO3. The SMILES string of the molecule is COc1cccc(OC)c1OCCC1(N)CCCC1. The summed E-state index contributed by atoms with van der Waals surface area (Å²) in [5.74, 6) is 2.04. The maximum absolute atomic E-state index is 6.32. The lowest BCUT2D eigenvalue weighted by atomic mass is 9.95. The van der Waals surface area contributed by atoms with Gasteiger partial charge in [-0.15, -0.1) is 0 Å². The number of methoxy groups -OCH3 is 2. The van der Waals surface area contributed by atoms with E-state index < -0.39 is 0 Å². The van der Waals surface area contributed by atoms with E-state index >= 15 is 0 Å².